The summed E-state index contributed by atoms with van der Waals surface area (Å²) in [6.07, 6.45) is 0. The summed E-state index contributed by atoms with van der Waals surface area (Å²) in [4.78, 5) is 0. The standard InChI is InChI=1S/C22H19ClO/c1-22(2,3)16-10-7-14(8-11-16)15-9-12-19-17(13-15)21-18(23)5-4-6-20(21)24-19/h4-13H,1-3H3. The first-order valence-electron chi connectivity index (χ1n) is 8.15. The molecule has 120 valence electrons. The van der Waals surface area contributed by atoms with Crippen LogP contribution in [0.2, 0.25) is 5.02 Å². The minimum absolute atomic E-state index is 0.163. The Labute approximate surface area is 146 Å². The summed E-state index contributed by atoms with van der Waals surface area (Å²) in [5.41, 5.74) is 5.57. The van der Waals surface area contributed by atoms with E-state index in [4.69, 9.17) is 16.0 Å². The third-order valence-corrected chi connectivity index (χ3v) is 4.84. The van der Waals surface area contributed by atoms with Crippen molar-refractivity contribution in [1.29, 1.82) is 0 Å². The Morgan fingerprint density at radius 3 is 2.21 bits per heavy atom. The summed E-state index contributed by atoms with van der Waals surface area (Å²) in [5, 5.41) is 2.78. The summed E-state index contributed by atoms with van der Waals surface area (Å²) in [7, 11) is 0. The van der Waals surface area contributed by atoms with Gasteiger partial charge < -0.3 is 4.42 Å². The summed E-state index contributed by atoms with van der Waals surface area (Å²) in [6.45, 7) is 6.69. The van der Waals surface area contributed by atoms with Gasteiger partial charge >= 0.3 is 0 Å². The highest BCUT2D eigenvalue weighted by atomic mass is 35.5. The van der Waals surface area contributed by atoms with Gasteiger partial charge in [0.1, 0.15) is 11.2 Å². The zero-order valence-corrected chi connectivity index (χ0v) is 14.8. The maximum atomic E-state index is 6.39. The SMILES string of the molecule is CC(C)(C)c1ccc(-c2ccc3oc4cccc(Cl)c4c3c2)cc1. The first-order valence-corrected chi connectivity index (χ1v) is 8.53. The van der Waals surface area contributed by atoms with E-state index in [0.29, 0.717) is 0 Å². The maximum absolute atomic E-state index is 6.39. The smallest absolute Gasteiger partial charge is 0.136 e. The monoisotopic (exact) mass is 334 g/mol. The average molecular weight is 335 g/mol. The van der Waals surface area contributed by atoms with Gasteiger partial charge in [-0.15, -0.1) is 0 Å². The van der Waals surface area contributed by atoms with E-state index < -0.39 is 0 Å². The predicted octanol–water partition coefficient (Wildman–Crippen LogP) is 7.20. The number of hydrogen-bond acceptors (Lipinski definition) is 1. The molecule has 0 aliphatic carbocycles. The molecule has 0 bridgehead atoms. The second-order valence-electron chi connectivity index (χ2n) is 7.25. The fraction of sp³-hybridized carbons (Fsp3) is 0.182. The summed E-state index contributed by atoms with van der Waals surface area (Å²) in [6, 6.07) is 20.9. The predicted molar refractivity (Wildman–Crippen MR) is 103 cm³/mol. The number of halogens is 1. The number of furan rings is 1. The largest absolute Gasteiger partial charge is 0.456 e. The third-order valence-electron chi connectivity index (χ3n) is 4.53. The van der Waals surface area contributed by atoms with Crippen LogP contribution in [0.1, 0.15) is 26.3 Å². The Hall–Kier alpha value is -2.25. The van der Waals surface area contributed by atoms with E-state index in [1.54, 1.807) is 0 Å². The van der Waals surface area contributed by atoms with Gasteiger partial charge in [-0.05, 0) is 46.4 Å². The molecular weight excluding hydrogens is 316 g/mol. The third kappa shape index (κ3) is 2.50. The molecule has 0 fully saturated rings. The molecule has 0 N–H and O–H groups in total. The number of fused-ring (bicyclic) bond motifs is 3. The van der Waals surface area contributed by atoms with Crippen molar-refractivity contribution < 1.29 is 4.42 Å². The van der Waals surface area contributed by atoms with E-state index >= 15 is 0 Å². The Kier molecular flexibility index (Phi) is 3.43. The highest BCUT2D eigenvalue weighted by molar-refractivity contribution is 6.37. The molecule has 0 radical (unpaired) electrons. The first-order chi connectivity index (χ1) is 11.4. The molecule has 1 aromatic heterocycles. The molecule has 1 nitrogen and oxygen atoms in total. The molecule has 0 atom stereocenters. The van der Waals surface area contributed by atoms with E-state index in [1.165, 1.54) is 16.7 Å². The van der Waals surface area contributed by atoms with Crippen LogP contribution in [0.5, 0.6) is 0 Å². The van der Waals surface area contributed by atoms with Crippen molar-refractivity contribution in [3.05, 3.63) is 71.2 Å². The van der Waals surface area contributed by atoms with Gasteiger partial charge in [0.15, 0.2) is 0 Å². The van der Waals surface area contributed by atoms with Gasteiger partial charge in [0.2, 0.25) is 0 Å². The van der Waals surface area contributed by atoms with E-state index in [-0.39, 0.29) is 5.41 Å². The molecule has 4 rings (SSSR count). The van der Waals surface area contributed by atoms with Gasteiger partial charge in [0, 0.05) is 10.8 Å². The molecule has 1 heterocycles. The van der Waals surface area contributed by atoms with Crippen LogP contribution in [-0.2, 0) is 5.41 Å². The molecular formula is C22H19ClO. The second-order valence-corrected chi connectivity index (χ2v) is 7.66. The molecule has 0 amide bonds. The molecule has 0 unspecified atom stereocenters. The molecule has 0 spiro atoms. The van der Waals surface area contributed by atoms with E-state index in [2.05, 4.69) is 57.2 Å². The zero-order chi connectivity index (χ0) is 16.9. The fourth-order valence-electron chi connectivity index (χ4n) is 3.13. The maximum Gasteiger partial charge on any atom is 0.136 e. The van der Waals surface area contributed by atoms with Gasteiger partial charge in [0.25, 0.3) is 0 Å². The molecule has 0 saturated heterocycles. The molecule has 0 saturated carbocycles. The van der Waals surface area contributed by atoms with Crippen LogP contribution in [0.15, 0.2) is 65.1 Å². The Morgan fingerprint density at radius 1 is 0.792 bits per heavy atom. The summed E-state index contributed by atoms with van der Waals surface area (Å²) < 4.78 is 5.90. The van der Waals surface area contributed by atoms with Crippen LogP contribution in [0.25, 0.3) is 33.1 Å². The minimum Gasteiger partial charge on any atom is -0.456 e. The topological polar surface area (TPSA) is 13.1 Å². The number of rotatable bonds is 1. The highest BCUT2D eigenvalue weighted by Crippen LogP contribution is 2.36. The zero-order valence-electron chi connectivity index (χ0n) is 14.1. The van der Waals surface area contributed by atoms with Gasteiger partial charge in [0.05, 0.1) is 5.02 Å². The van der Waals surface area contributed by atoms with Gasteiger partial charge in [-0.3, -0.25) is 0 Å². The van der Waals surface area contributed by atoms with E-state index in [1.807, 2.05) is 24.3 Å². The lowest BCUT2D eigenvalue weighted by Crippen LogP contribution is -2.10. The summed E-state index contributed by atoms with van der Waals surface area (Å²) >= 11 is 6.39. The van der Waals surface area contributed by atoms with Crippen LogP contribution in [0.4, 0.5) is 0 Å². The number of benzene rings is 3. The average Bonchev–Trinajstić information content (AvgIpc) is 2.93. The fourth-order valence-corrected chi connectivity index (χ4v) is 3.39. The van der Waals surface area contributed by atoms with Crippen molar-refractivity contribution in [3.8, 4) is 11.1 Å². The molecule has 3 aromatic carbocycles. The van der Waals surface area contributed by atoms with Crippen LogP contribution < -0.4 is 0 Å². The lowest BCUT2D eigenvalue weighted by Gasteiger charge is -2.19. The Balaban J connectivity index is 1.87. The first kappa shape index (κ1) is 15.3. The van der Waals surface area contributed by atoms with Crippen molar-refractivity contribution in [2.75, 3.05) is 0 Å². The molecule has 2 heteroatoms. The molecule has 24 heavy (non-hydrogen) atoms. The number of hydrogen-bond donors (Lipinski definition) is 0. The lowest BCUT2D eigenvalue weighted by atomic mass is 9.86. The van der Waals surface area contributed by atoms with Crippen molar-refractivity contribution in [2.45, 2.75) is 26.2 Å². The van der Waals surface area contributed by atoms with Gasteiger partial charge in [-0.1, -0.05) is 68.8 Å². The van der Waals surface area contributed by atoms with Crippen molar-refractivity contribution in [2.24, 2.45) is 0 Å². The molecule has 0 aliphatic rings. The summed E-state index contributed by atoms with van der Waals surface area (Å²) in [5.74, 6) is 0. The van der Waals surface area contributed by atoms with Crippen molar-refractivity contribution in [1.82, 2.24) is 0 Å². The molecule has 0 aliphatic heterocycles. The quantitative estimate of drug-likeness (QED) is 0.358. The Morgan fingerprint density at radius 2 is 1.50 bits per heavy atom. The van der Waals surface area contributed by atoms with Crippen LogP contribution >= 0.6 is 11.6 Å². The van der Waals surface area contributed by atoms with Crippen LogP contribution in [-0.4, -0.2) is 0 Å². The highest BCUT2D eigenvalue weighted by Gasteiger charge is 2.14. The second kappa shape index (κ2) is 5.39. The Bertz CT molecular complexity index is 1030. The van der Waals surface area contributed by atoms with Gasteiger partial charge in [-0.25, -0.2) is 0 Å². The van der Waals surface area contributed by atoms with Crippen molar-refractivity contribution in [3.63, 3.8) is 0 Å². The van der Waals surface area contributed by atoms with E-state index in [0.717, 1.165) is 27.0 Å². The normalized spacial score (nSPS) is 12.2. The van der Waals surface area contributed by atoms with Crippen LogP contribution in [0.3, 0.4) is 0 Å². The van der Waals surface area contributed by atoms with E-state index in [9.17, 15) is 0 Å². The molecule has 4 aromatic rings. The van der Waals surface area contributed by atoms with Gasteiger partial charge in [-0.2, -0.15) is 0 Å². The van der Waals surface area contributed by atoms with Crippen molar-refractivity contribution >= 4 is 33.5 Å². The lowest BCUT2D eigenvalue weighted by molar-refractivity contribution is 0.590. The van der Waals surface area contributed by atoms with Crippen LogP contribution in [0, 0.1) is 0 Å². The minimum atomic E-state index is 0.163.